The first-order valence-electron chi connectivity index (χ1n) is 8.19. The van der Waals surface area contributed by atoms with Crippen molar-refractivity contribution >= 4 is 18.1 Å². The van der Waals surface area contributed by atoms with E-state index in [4.69, 9.17) is 0 Å². The quantitative estimate of drug-likeness (QED) is 0.407. The molecule has 2 heterocycles. The molecule has 1 aromatic rings. The lowest BCUT2D eigenvalue weighted by Gasteiger charge is -2.45. The number of aliphatic imine (C=N–C) groups is 1. The molecular weight excluding hydrogens is 326 g/mol. The molecule has 0 saturated carbocycles. The third-order valence-electron chi connectivity index (χ3n) is 4.91. The Balaban J connectivity index is 2.49. The summed E-state index contributed by atoms with van der Waals surface area (Å²) < 4.78 is 0. The van der Waals surface area contributed by atoms with Crippen LogP contribution < -0.4 is 4.90 Å². The monoisotopic (exact) mass is 353 g/mol. The molecule has 9 heteroatoms. The van der Waals surface area contributed by atoms with Gasteiger partial charge in [0.15, 0.2) is 0 Å². The number of hydrogen-bond acceptors (Lipinski definition) is 7. The van der Waals surface area contributed by atoms with Crippen LogP contribution in [-0.2, 0) is 4.79 Å². The van der Waals surface area contributed by atoms with Gasteiger partial charge in [0.05, 0.1) is 5.56 Å². The first kappa shape index (κ1) is 19.2. The average Bonchev–Trinajstić information content (AvgIpc) is 3.06. The van der Waals surface area contributed by atoms with Crippen LogP contribution in [-0.4, -0.2) is 81.8 Å². The molecule has 1 aliphatic rings. The van der Waals surface area contributed by atoms with Crippen LogP contribution in [0.15, 0.2) is 17.3 Å². The highest BCUT2D eigenvalue weighted by atomic mass is 16.5. The Labute approximate surface area is 147 Å². The van der Waals surface area contributed by atoms with Gasteiger partial charge in [0.25, 0.3) is 5.91 Å². The molecule has 0 bridgehead atoms. The van der Waals surface area contributed by atoms with Crippen molar-refractivity contribution in [3.05, 3.63) is 17.8 Å². The van der Waals surface area contributed by atoms with Crippen molar-refractivity contribution in [3.8, 4) is 0 Å². The summed E-state index contributed by atoms with van der Waals surface area (Å²) in [6.45, 7) is 3.79. The largest absolute Gasteiger partial charge is 0.355 e. The van der Waals surface area contributed by atoms with Crippen LogP contribution in [0.1, 0.15) is 25.8 Å². The van der Waals surface area contributed by atoms with Crippen LogP contribution in [0.2, 0.25) is 0 Å². The third kappa shape index (κ3) is 3.22. The second kappa shape index (κ2) is 7.03. The Morgan fingerprint density at radius 1 is 1.48 bits per heavy atom. The molecule has 0 saturated heterocycles. The summed E-state index contributed by atoms with van der Waals surface area (Å²) >= 11 is 0. The number of carbonyl (C=O) groups excluding carboxylic acids is 1. The number of anilines is 1. The fourth-order valence-corrected chi connectivity index (χ4v) is 3.16. The van der Waals surface area contributed by atoms with Crippen molar-refractivity contribution in [1.29, 1.82) is 0 Å². The minimum absolute atomic E-state index is 0.177. The number of aromatic amines is 1. The number of likely N-dealkylation sites (N-methyl/N-ethyl adjacent to an activating group) is 2. The molecule has 2 rings (SSSR count). The number of H-pyrrole nitrogens is 1. The molecule has 25 heavy (non-hydrogen) atoms. The molecule has 9 nitrogen and oxygen atoms in total. The Kier molecular flexibility index (Phi) is 5.40. The topological polar surface area (TPSA) is 116 Å². The van der Waals surface area contributed by atoms with Gasteiger partial charge in [0, 0.05) is 27.3 Å². The zero-order chi connectivity index (χ0) is 18.9. The standard InChI is InChI=1S/C16H27N5O4/c1-6-10(2)12(16(24,25)19(3)9-22)20(4)14-11-7-8-17-13(11)21(5)15(23)18-14/h7-10,12,15,17,23-25H,6H2,1-5H3. The van der Waals surface area contributed by atoms with Crippen molar-refractivity contribution in [2.24, 2.45) is 10.9 Å². The van der Waals surface area contributed by atoms with Crippen LogP contribution in [0.4, 0.5) is 5.82 Å². The van der Waals surface area contributed by atoms with E-state index in [1.807, 2.05) is 13.8 Å². The van der Waals surface area contributed by atoms with E-state index in [0.29, 0.717) is 24.5 Å². The Hall–Kier alpha value is -2.10. The number of aliphatic hydroxyl groups is 3. The normalized spacial score (nSPS) is 19.8. The van der Waals surface area contributed by atoms with Crippen molar-refractivity contribution in [2.75, 3.05) is 26.0 Å². The van der Waals surface area contributed by atoms with Crippen LogP contribution in [0, 0.1) is 5.92 Å². The summed E-state index contributed by atoms with van der Waals surface area (Å²) in [6.07, 6.45) is 1.65. The average molecular weight is 353 g/mol. The zero-order valence-electron chi connectivity index (χ0n) is 15.2. The van der Waals surface area contributed by atoms with E-state index in [1.165, 1.54) is 7.05 Å². The number of aliphatic hydroxyl groups excluding tert-OH is 1. The summed E-state index contributed by atoms with van der Waals surface area (Å²) in [5, 5.41) is 31.5. The highest BCUT2D eigenvalue weighted by Crippen LogP contribution is 2.31. The molecular formula is C16H27N5O4. The molecule has 1 aliphatic heterocycles. The van der Waals surface area contributed by atoms with Crippen molar-refractivity contribution in [3.63, 3.8) is 0 Å². The number of rotatable bonds is 6. The second-order valence-electron chi connectivity index (χ2n) is 6.49. The van der Waals surface area contributed by atoms with Crippen LogP contribution in [0.5, 0.6) is 0 Å². The highest BCUT2D eigenvalue weighted by Gasteiger charge is 2.46. The second-order valence-corrected chi connectivity index (χ2v) is 6.49. The number of hydrogen-bond donors (Lipinski definition) is 4. The SMILES string of the molecule is CCC(C)C(N(C)C1=NC(O)N(C)c2[nH]ccc21)C(O)(O)N(C)C=O. The van der Waals surface area contributed by atoms with Gasteiger partial charge in [-0.3, -0.25) is 9.69 Å². The molecule has 4 N–H and O–H groups in total. The van der Waals surface area contributed by atoms with Crippen molar-refractivity contribution in [2.45, 2.75) is 38.6 Å². The number of fused-ring (bicyclic) bond motifs is 1. The molecule has 3 unspecified atom stereocenters. The van der Waals surface area contributed by atoms with Crippen molar-refractivity contribution in [1.82, 2.24) is 14.8 Å². The smallest absolute Gasteiger partial charge is 0.270 e. The van der Waals surface area contributed by atoms with Gasteiger partial charge in [-0.15, -0.1) is 0 Å². The first-order valence-corrected chi connectivity index (χ1v) is 8.19. The van der Waals surface area contributed by atoms with E-state index in [-0.39, 0.29) is 5.92 Å². The lowest BCUT2D eigenvalue weighted by molar-refractivity contribution is -0.279. The first-order chi connectivity index (χ1) is 11.7. The zero-order valence-corrected chi connectivity index (χ0v) is 15.2. The molecule has 0 aliphatic carbocycles. The molecule has 0 aromatic carbocycles. The minimum Gasteiger partial charge on any atom is -0.355 e. The van der Waals surface area contributed by atoms with E-state index < -0.39 is 18.3 Å². The molecule has 0 radical (unpaired) electrons. The van der Waals surface area contributed by atoms with E-state index in [1.54, 1.807) is 36.2 Å². The maximum Gasteiger partial charge on any atom is 0.270 e. The fourth-order valence-electron chi connectivity index (χ4n) is 3.16. The highest BCUT2D eigenvalue weighted by molar-refractivity contribution is 6.04. The van der Waals surface area contributed by atoms with Gasteiger partial charge in [-0.05, 0) is 12.0 Å². The molecule has 1 aromatic heterocycles. The number of amidine groups is 1. The summed E-state index contributed by atoms with van der Waals surface area (Å²) in [5.74, 6) is -1.49. The molecule has 3 atom stereocenters. The number of nitrogens with one attached hydrogen (secondary N) is 1. The number of nitrogens with zero attached hydrogens (tertiary/aromatic N) is 4. The van der Waals surface area contributed by atoms with Gasteiger partial charge in [-0.25, -0.2) is 4.99 Å². The van der Waals surface area contributed by atoms with Crippen LogP contribution in [0.3, 0.4) is 0 Å². The third-order valence-corrected chi connectivity index (χ3v) is 4.91. The Morgan fingerprint density at radius 2 is 2.12 bits per heavy atom. The maximum absolute atomic E-state index is 11.1. The minimum atomic E-state index is -2.40. The van der Waals surface area contributed by atoms with Gasteiger partial charge in [0.2, 0.25) is 12.8 Å². The van der Waals surface area contributed by atoms with Gasteiger partial charge >= 0.3 is 0 Å². The summed E-state index contributed by atoms with van der Waals surface area (Å²) in [6, 6.07) is 0.949. The van der Waals surface area contributed by atoms with E-state index in [9.17, 15) is 20.1 Å². The van der Waals surface area contributed by atoms with Gasteiger partial charge in [-0.1, -0.05) is 20.3 Å². The van der Waals surface area contributed by atoms with Gasteiger partial charge < -0.3 is 30.1 Å². The molecule has 0 fully saturated rings. The summed E-state index contributed by atoms with van der Waals surface area (Å²) in [5.41, 5.74) is 0.730. The van der Waals surface area contributed by atoms with Crippen molar-refractivity contribution < 1.29 is 20.1 Å². The predicted molar refractivity (Wildman–Crippen MR) is 93.7 cm³/mol. The lowest BCUT2D eigenvalue weighted by atomic mass is 9.93. The Bertz CT molecular complexity index is 644. The summed E-state index contributed by atoms with van der Waals surface area (Å²) in [7, 11) is 4.68. The van der Waals surface area contributed by atoms with Crippen LogP contribution >= 0.6 is 0 Å². The fraction of sp³-hybridized carbons (Fsp3) is 0.625. The van der Waals surface area contributed by atoms with E-state index in [2.05, 4.69) is 9.98 Å². The molecule has 0 spiro atoms. The predicted octanol–water partition coefficient (Wildman–Crippen LogP) is -0.440. The van der Waals surface area contributed by atoms with Gasteiger partial charge in [0.1, 0.15) is 17.7 Å². The Morgan fingerprint density at radius 3 is 2.68 bits per heavy atom. The number of amides is 1. The lowest BCUT2D eigenvalue weighted by Crippen LogP contribution is -2.64. The molecule has 1 amide bonds. The summed E-state index contributed by atoms with van der Waals surface area (Å²) in [4.78, 5) is 22.5. The van der Waals surface area contributed by atoms with E-state index >= 15 is 0 Å². The van der Waals surface area contributed by atoms with E-state index in [0.717, 1.165) is 10.5 Å². The maximum atomic E-state index is 11.1. The number of carbonyl (C=O) groups is 1. The van der Waals surface area contributed by atoms with Gasteiger partial charge in [-0.2, -0.15) is 0 Å². The molecule has 140 valence electrons. The van der Waals surface area contributed by atoms with Crippen LogP contribution in [0.25, 0.3) is 0 Å². The number of aromatic nitrogens is 1.